The van der Waals surface area contributed by atoms with Crippen LogP contribution in [0.5, 0.6) is 0 Å². The smallest absolute Gasteiger partial charge is 0.317 e. The van der Waals surface area contributed by atoms with Crippen LogP contribution in [0.15, 0.2) is 53.4 Å². The minimum Gasteiger partial charge on any atom is -0.480 e. The van der Waals surface area contributed by atoms with Gasteiger partial charge in [-0.2, -0.15) is 17.6 Å². The van der Waals surface area contributed by atoms with E-state index in [2.05, 4.69) is 16.5 Å². The van der Waals surface area contributed by atoms with Crippen molar-refractivity contribution in [2.45, 2.75) is 36.5 Å². The first-order valence-corrected chi connectivity index (χ1v) is 14.1. The number of carboxylic acid groups (broad SMARTS) is 1. The van der Waals surface area contributed by atoms with Crippen molar-refractivity contribution in [1.29, 1.82) is 0 Å². The molecule has 0 spiro atoms. The van der Waals surface area contributed by atoms with Gasteiger partial charge in [-0.05, 0) is 93.7 Å². The third-order valence-corrected chi connectivity index (χ3v) is 8.92. The molecule has 10 heteroatoms. The van der Waals surface area contributed by atoms with Crippen LogP contribution in [0.1, 0.15) is 42.9 Å². The molecule has 0 unspecified atom stereocenters. The Balaban J connectivity index is 1.53. The number of hydrogen-bond donors (Lipinski definition) is 2. The van der Waals surface area contributed by atoms with Gasteiger partial charge in [0.2, 0.25) is 0 Å². The van der Waals surface area contributed by atoms with Crippen LogP contribution in [0, 0.1) is 11.7 Å². The minimum atomic E-state index is -4.06. The van der Waals surface area contributed by atoms with Gasteiger partial charge >= 0.3 is 5.97 Å². The van der Waals surface area contributed by atoms with E-state index in [4.69, 9.17) is 5.11 Å². The van der Waals surface area contributed by atoms with E-state index in [0.717, 1.165) is 53.1 Å². The number of nitrogens with zero attached hydrogens (tertiary/aromatic N) is 3. The quantitative estimate of drug-likeness (QED) is 0.484. The zero-order valence-corrected chi connectivity index (χ0v) is 21.3. The number of halogens is 1. The number of aromatic nitrogens is 2. The number of carbonyl (C=O) groups is 1. The molecule has 8 nitrogen and oxygen atoms in total. The number of rotatable bonds is 7. The summed E-state index contributed by atoms with van der Waals surface area (Å²) in [6.07, 6.45) is 7.75. The first-order valence-electron chi connectivity index (χ1n) is 12.7. The molecule has 2 aromatic carbocycles. The summed E-state index contributed by atoms with van der Waals surface area (Å²) in [4.78, 5) is 12.9. The summed E-state index contributed by atoms with van der Waals surface area (Å²) in [7, 11) is -4.06. The molecule has 0 radical (unpaired) electrons. The van der Waals surface area contributed by atoms with Crippen LogP contribution in [-0.2, 0) is 14.8 Å². The lowest BCUT2D eigenvalue weighted by Crippen LogP contribution is -2.36. The minimum absolute atomic E-state index is 0.00634. The zero-order valence-electron chi connectivity index (χ0n) is 20.5. The molecule has 0 aliphatic carbocycles. The van der Waals surface area contributed by atoms with E-state index in [-0.39, 0.29) is 17.4 Å². The maximum atomic E-state index is 13.6. The van der Waals surface area contributed by atoms with Gasteiger partial charge in [0.15, 0.2) is 0 Å². The molecular formula is C27H31FN4O4S. The van der Waals surface area contributed by atoms with E-state index in [1.165, 1.54) is 12.1 Å². The Hall–Kier alpha value is -3.08. The van der Waals surface area contributed by atoms with Crippen molar-refractivity contribution >= 4 is 33.0 Å². The summed E-state index contributed by atoms with van der Waals surface area (Å²) in [6, 6.07) is 10.5. The number of nitrogens with one attached hydrogen (secondary N) is 1. The molecule has 0 atom stereocenters. The molecule has 0 bridgehead atoms. The molecule has 3 heterocycles. The number of piperidine rings is 2. The SMILES string of the molecule is O=C(O)CN1CCC(c2nn(S(=O)(=O)c3ccc(F)cc3)c3cc(C=CC4CCNCC4)ccc23)CC1. The fraction of sp³-hybridized carbons (Fsp3) is 0.407. The molecule has 0 saturated carbocycles. The average Bonchev–Trinajstić information content (AvgIpc) is 3.28. The first-order chi connectivity index (χ1) is 17.8. The van der Waals surface area contributed by atoms with Gasteiger partial charge in [0.05, 0.1) is 22.7 Å². The molecule has 0 amide bonds. The van der Waals surface area contributed by atoms with Crippen molar-refractivity contribution in [3.05, 3.63) is 65.6 Å². The third kappa shape index (κ3) is 5.61. The highest BCUT2D eigenvalue weighted by Crippen LogP contribution is 2.34. The highest BCUT2D eigenvalue weighted by atomic mass is 32.2. The fourth-order valence-electron chi connectivity index (χ4n) is 5.26. The van der Waals surface area contributed by atoms with Crippen LogP contribution in [-0.4, -0.2) is 66.3 Å². The summed E-state index contributed by atoms with van der Waals surface area (Å²) >= 11 is 0. The lowest BCUT2D eigenvalue weighted by atomic mass is 9.91. The molecule has 5 rings (SSSR count). The summed E-state index contributed by atoms with van der Waals surface area (Å²) in [6.45, 7) is 3.19. The zero-order chi connectivity index (χ0) is 26.0. The van der Waals surface area contributed by atoms with Crippen LogP contribution in [0.3, 0.4) is 0 Å². The van der Waals surface area contributed by atoms with Gasteiger partial charge in [0.25, 0.3) is 10.0 Å². The molecule has 2 aliphatic heterocycles. The van der Waals surface area contributed by atoms with Gasteiger partial charge in [-0.25, -0.2) is 4.39 Å². The van der Waals surface area contributed by atoms with Crippen molar-refractivity contribution in [3.8, 4) is 0 Å². The second-order valence-corrected chi connectivity index (χ2v) is 11.6. The van der Waals surface area contributed by atoms with Gasteiger partial charge in [0, 0.05) is 11.3 Å². The van der Waals surface area contributed by atoms with Crippen LogP contribution in [0.4, 0.5) is 4.39 Å². The lowest BCUT2D eigenvalue weighted by Gasteiger charge is -2.30. The largest absolute Gasteiger partial charge is 0.480 e. The van der Waals surface area contributed by atoms with Gasteiger partial charge in [-0.1, -0.05) is 24.3 Å². The Morgan fingerprint density at radius 1 is 1.08 bits per heavy atom. The Kier molecular flexibility index (Phi) is 7.41. The second kappa shape index (κ2) is 10.7. The van der Waals surface area contributed by atoms with Gasteiger partial charge in [0.1, 0.15) is 5.82 Å². The van der Waals surface area contributed by atoms with Crippen LogP contribution < -0.4 is 5.32 Å². The second-order valence-electron chi connectivity index (χ2n) is 9.85. The fourth-order valence-corrected chi connectivity index (χ4v) is 6.55. The van der Waals surface area contributed by atoms with Crippen molar-refractivity contribution in [2.75, 3.05) is 32.7 Å². The van der Waals surface area contributed by atoms with E-state index < -0.39 is 21.8 Å². The van der Waals surface area contributed by atoms with E-state index in [1.807, 2.05) is 29.2 Å². The number of fused-ring (bicyclic) bond motifs is 1. The Morgan fingerprint density at radius 3 is 2.46 bits per heavy atom. The van der Waals surface area contributed by atoms with Crippen LogP contribution >= 0.6 is 0 Å². The monoisotopic (exact) mass is 526 g/mol. The summed E-state index contributed by atoms with van der Waals surface area (Å²) in [5.74, 6) is -0.878. The van der Waals surface area contributed by atoms with Crippen molar-refractivity contribution in [2.24, 2.45) is 5.92 Å². The van der Waals surface area contributed by atoms with E-state index in [9.17, 15) is 17.6 Å². The number of allylic oxidation sites excluding steroid dienone is 1. The first kappa shape index (κ1) is 25.6. The predicted octanol–water partition coefficient (Wildman–Crippen LogP) is 3.69. The number of hydrogen-bond acceptors (Lipinski definition) is 6. The normalized spacial score (nSPS) is 18.6. The molecule has 3 aromatic rings. The third-order valence-electron chi connectivity index (χ3n) is 7.32. The predicted molar refractivity (Wildman–Crippen MR) is 139 cm³/mol. The molecular weight excluding hydrogens is 495 g/mol. The van der Waals surface area contributed by atoms with Gasteiger partial charge in [-0.15, -0.1) is 0 Å². The van der Waals surface area contributed by atoms with Gasteiger partial charge in [-0.3, -0.25) is 9.69 Å². The van der Waals surface area contributed by atoms with Crippen LogP contribution in [0.25, 0.3) is 17.0 Å². The average molecular weight is 527 g/mol. The number of aliphatic carboxylic acids is 1. The summed E-state index contributed by atoms with van der Waals surface area (Å²) in [5.41, 5.74) is 2.08. The maximum absolute atomic E-state index is 13.6. The Morgan fingerprint density at radius 2 is 1.78 bits per heavy atom. The number of benzene rings is 2. The van der Waals surface area contributed by atoms with E-state index in [0.29, 0.717) is 43.1 Å². The van der Waals surface area contributed by atoms with Crippen molar-refractivity contribution in [3.63, 3.8) is 0 Å². The topological polar surface area (TPSA) is 105 Å². The molecule has 2 saturated heterocycles. The Bertz CT molecular complexity index is 1400. The summed E-state index contributed by atoms with van der Waals surface area (Å²) in [5, 5.41) is 17.9. The lowest BCUT2D eigenvalue weighted by molar-refractivity contribution is -0.138. The Labute approximate surface area is 215 Å². The maximum Gasteiger partial charge on any atom is 0.317 e. The molecule has 2 aliphatic rings. The molecule has 1 aromatic heterocycles. The van der Waals surface area contributed by atoms with Crippen molar-refractivity contribution < 1.29 is 22.7 Å². The standard InChI is InChI=1S/C27H31FN4O4S/c28-22-4-6-23(7-5-22)37(35,36)32-25-17-20(2-1-19-9-13-29-14-10-19)3-8-24(25)27(30-32)21-11-15-31(16-12-21)18-26(33)34/h1-8,17,19,21,29H,9-16,18H2,(H,33,34). The summed E-state index contributed by atoms with van der Waals surface area (Å²) < 4.78 is 41.8. The highest BCUT2D eigenvalue weighted by molar-refractivity contribution is 7.90. The molecule has 37 heavy (non-hydrogen) atoms. The van der Waals surface area contributed by atoms with Crippen LogP contribution in [0.2, 0.25) is 0 Å². The van der Waals surface area contributed by atoms with E-state index in [1.54, 1.807) is 0 Å². The molecule has 2 fully saturated rings. The highest BCUT2D eigenvalue weighted by Gasteiger charge is 2.29. The van der Waals surface area contributed by atoms with E-state index >= 15 is 0 Å². The van der Waals surface area contributed by atoms with Gasteiger partial charge < -0.3 is 10.4 Å². The number of carboxylic acids is 1. The molecule has 196 valence electrons. The van der Waals surface area contributed by atoms with Crippen molar-refractivity contribution in [1.82, 2.24) is 19.4 Å². The number of likely N-dealkylation sites (tertiary alicyclic amines) is 1. The molecule has 2 N–H and O–H groups in total.